The molecular weight excluding hydrogens is 278 g/mol. The molecule has 1 aromatic carbocycles. The molecule has 0 bridgehead atoms. The van der Waals surface area contributed by atoms with E-state index in [2.05, 4.69) is 36.9 Å². The van der Waals surface area contributed by atoms with E-state index in [0.717, 1.165) is 44.7 Å². The Kier molecular flexibility index (Phi) is 5.14. The first-order chi connectivity index (χ1) is 10.6. The molecule has 1 atom stereocenters. The average molecular weight is 305 g/mol. The first kappa shape index (κ1) is 15.9. The molecule has 1 unspecified atom stereocenters. The van der Waals surface area contributed by atoms with Gasteiger partial charge in [-0.2, -0.15) is 0 Å². The van der Waals surface area contributed by atoms with Crippen LogP contribution < -0.4 is 0 Å². The molecule has 1 aromatic rings. The molecule has 0 saturated carbocycles. The van der Waals surface area contributed by atoms with Crippen molar-refractivity contribution in [1.29, 1.82) is 0 Å². The molecule has 4 nitrogen and oxygen atoms in total. The van der Waals surface area contributed by atoms with Gasteiger partial charge >= 0.3 is 0 Å². The van der Waals surface area contributed by atoms with Gasteiger partial charge in [0.15, 0.2) is 6.29 Å². The monoisotopic (exact) mass is 305 g/mol. The van der Waals surface area contributed by atoms with Gasteiger partial charge in [-0.05, 0) is 50.9 Å². The van der Waals surface area contributed by atoms with Crippen molar-refractivity contribution in [3.05, 3.63) is 34.9 Å². The van der Waals surface area contributed by atoms with Gasteiger partial charge < -0.3 is 19.5 Å². The SMILES string of the molecule is Cc1ccc(C)c(C(O)CN2CCC(C3OCCO3)CC2)c1. The lowest BCUT2D eigenvalue weighted by Crippen LogP contribution is -2.40. The second kappa shape index (κ2) is 7.09. The van der Waals surface area contributed by atoms with Crippen LogP contribution in [0.3, 0.4) is 0 Å². The number of β-amino-alcohol motifs (C(OH)–C–C–N with tert-alkyl or cyclic N) is 1. The van der Waals surface area contributed by atoms with Crippen LogP contribution in [-0.2, 0) is 9.47 Å². The normalized spacial score (nSPS) is 23.0. The lowest BCUT2D eigenvalue weighted by Gasteiger charge is -2.35. The van der Waals surface area contributed by atoms with E-state index in [0.29, 0.717) is 12.5 Å². The Balaban J connectivity index is 1.52. The summed E-state index contributed by atoms with van der Waals surface area (Å²) in [5, 5.41) is 10.6. The number of aliphatic hydroxyl groups excluding tert-OH is 1. The van der Waals surface area contributed by atoms with Crippen molar-refractivity contribution < 1.29 is 14.6 Å². The predicted molar refractivity (Wildman–Crippen MR) is 85.7 cm³/mol. The third kappa shape index (κ3) is 3.69. The molecule has 0 aliphatic carbocycles. The maximum Gasteiger partial charge on any atom is 0.160 e. The molecule has 4 heteroatoms. The zero-order valence-corrected chi connectivity index (χ0v) is 13.6. The summed E-state index contributed by atoms with van der Waals surface area (Å²) in [7, 11) is 0. The van der Waals surface area contributed by atoms with Crippen molar-refractivity contribution in [2.45, 2.75) is 39.1 Å². The fraction of sp³-hybridized carbons (Fsp3) is 0.667. The average Bonchev–Trinajstić information content (AvgIpc) is 3.05. The van der Waals surface area contributed by atoms with Gasteiger partial charge in [0.05, 0.1) is 19.3 Å². The van der Waals surface area contributed by atoms with Gasteiger partial charge in [-0.1, -0.05) is 23.8 Å². The van der Waals surface area contributed by atoms with E-state index in [9.17, 15) is 5.11 Å². The maximum atomic E-state index is 10.6. The molecule has 2 fully saturated rings. The molecule has 0 spiro atoms. The summed E-state index contributed by atoms with van der Waals surface area (Å²) in [5.41, 5.74) is 3.43. The van der Waals surface area contributed by atoms with Gasteiger partial charge in [-0.25, -0.2) is 0 Å². The smallest absolute Gasteiger partial charge is 0.160 e. The Morgan fingerprint density at radius 3 is 2.55 bits per heavy atom. The molecule has 22 heavy (non-hydrogen) atoms. The maximum absolute atomic E-state index is 10.6. The molecule has 3 rings (SSSR count). The highest BCUT2D eigenvalue weighted by molar-refractivity contribution is 5.32. The van der Waals surface area contributed by atoms with E-state index in [-0.39, 0.29) is 6.29 Å². The number of hydrogen-bond acceptors (Lipinski definition) is 4. The van der Waals surface area contributed by atoms with E-state index in [1.54, 1.807) is 0 Å². The third-order valence-electron chi connectivity index (χ3n) is 4.89. The molecule has 2 heterocycles. The summed E-state index contributed by atoms with van der Waals surface area (Å²) in [6.45, 7) is 8.34. The number of ether oxygens (including phenoxy) is 2. The van der Waals surface area contributed by atoms with Crippen molar-refractivity contribution >= 4 is 0 Å². The number of rotatable bonds is 4. The molecule has 2 aliphatic heterocycles. The molecule has 0 radical (unpaired) electrons. The van der Waals surface area contributed by atoms with Crippen molar-refractivity contribution in [3.63, 3.8) is 0 Å². The van der Waals surface area contributed by atoms with Gasteiger partial charge in [-0.15, -0.1) is 0 Å². The third-order valence-corrected chi connectivity index (χ3v) is 4.89. The standard InChI is InChI=1S/C18H27NO3/c1-13-3-4-14(2)16(11-13)17(20)12-19-7-5-15(6-8-19)18-21-9-10-22-18/h3-4,11,15,17-18,20H,5-10,12H2,1-2H3. The summed E-state index contributed by atoms with van der Waals surface area (Å²) in [6.07, 6.45) is 1.77. The Labute approximate surface area is 133 Å². The summed E-state index contributed by atoms with van der Waals surface area (Å²) in [5.74, 6) is 0.511. The summed E-state index contributed by atoms with van der Waals surface area (Å²) in [6, 6.07) is 6.29. The Bertz CT molecular complexity index is 491. The van der Waals surface area contributed by atoms with Crippen LogP contribution in [0.25, 0.3) is 0 Å². The number of likely N-dealkylation sites (tertiary alicyclic amines) is 1. The van der Waals surface area contributed by atoms with Gasteiger partial charge in [-0.3, -0.25) is 0 Å². The minimum absolute atomic E-state index is 0.00564. The van der Waals surface area contributed by atoms with Crippen molar-refractivity contribution in [3.8, 4) is 0 Å². The first-order valence-electron chi connectivity index (χ1n) is 8.34. The van der Waals surface area contributed by atoms with Crippen molar-refractivity contribution in [2.75, 3.05) is 32.8 Å². The van der Waals surface area contributed by atoms with Gasteiger partial charge in [0.1, 0.15) is 0 Å². The number of nitrogens with zero attached hydrogens (tertiary/aromatic N) is 1. The summed E-state index contributed by atoms with van der Waals surface area (Å²) >= 11 is 0. The summed E-state index contributed by atoms with van der Waals surface area (Å²) < 4.78 is 11.2. The van der Waals surface area contributed by atoms with Crippen LogP contribution in [0.2, 0.25) is 0 Å². The molecule has 122 valence electrons. The van der Waals surface area contributed by atoms with Crippen LogP contribution in [0.4, 0.5) is 0 Å². The zero-order valence-electron chi connectivity index (χ0n) is 13.6. The highest BCUT2D eigenvalue weighted by atomic mass is 16.7. The fourth-order valence-corrected chi connectivity index (χ4v) is 3.52. The van der Waals surface area contributed by atoms with Crippen LogP contribution in [-0.4, -0.2) is 49.1 Å². The van der Waals surface area contributed by atoms with Gasteiger partial charge in [0, 0.05) is 12.5 Å². The highest BCUT2D eigenvalue weighted by Gasteiger charge is 2.31. The van der Waals surface area contributed by atoms with E-state index in [1.165, 1.54) is 11.1 Å². The van der Waals surface area contributed by atoms with Crippen molar-refractivity contribution in [1.82, 2.24) is 4.90 Å². The first-order valence-corrected chi connectivity index (χ1v) is 8.34. The van der Waals surface area contributed by atoms with Gasteiger partial charge in [0.2, 0.25) is 0 Å². The Hall–Kier alpha value is -0.940. The van der Waals surface area contributed by atoms with Crippen LogP contribution in [0.1, 0.15) is 35.6 Å². The van der Waals surface area contributed by atoms with E-state index < -0.39 is 6.10 Å². The molecule has 2 saturated heterocycles. The largest absolute Gasteiger partial charge is 0.387 e. The molecule has 0 amide bonds. The second-order valence-corrected chi connectivity index (χ2v) is 6.62. The quantitative estimate of drug-likeness (QED) is 0.927. The zero-order chi connectivity index (χ0) is 15.5. The van der Waals surface area contributed by atoms with E-state index >= 15 is 0 Å². The number of hydrogen-bond donors (Lipinski definition) is 1. The topological polar surface area (TPSA) is 41.9 Å². The van der Waals surface area contributed by atoms with Crippen LogP contribution >= 0.6 is 0 Å². The number of aliphatic hydroxyl groups is 1. The molecular formula is C18H27NO3. The molecule has 2 aliphatic rings. The van der Waals surface area contributed by atoms with E-state index in [4.69, 9.17) is 9.47 Å². The number of piperidine rings is 1. The summed E-state index contributed by atoms with van der Waals surface area (Å²) in [4.78, 5) is 2.36. The molecule has 1 N–H and O–H groups in total. The lowest BCUT2D eigenvalue weighted by molar-refractivity contribution is -0.0986. The fourth-order valence-electron chi connectivity index (χ4n) is 3.52. The lowest BCUT2D eigenvalue weighted by atomic mass is 9.95. The van der Waals surface area contributed by atoms with Crippen LogP contribution in [0.5, 0.6) is 0 Å². The number of aryl methyl sites for hydroxylation is 2. The van der Waals surface area contributed by atoms with E-state index in [1.807, 2.05) is 0 Å². The van der Waals surface area contributed by atoms with Crippen molar-refractivity contribution in [2.24, 2.45) is 5.92 Å². The van der Waals surface area contributed by atoms with Crippen LogP contribution in [0, 0.1) is 19.8 Å². The Morgan fingerprint density at radius 2 is 1.86 bits per heavy atom. The Morgan fingerprint density at radius 1 is 1.18 bits per heavy atom. The second-order valence-electron chi connectivity index (χ2n) is 6.62. The minimum Gasteiger partial charge on any atom is -0.387 e. The predicted octanol–water partition coefficient (Wildman–Crippen LogP) is 2.42. The van der Waals surface area contributed by atoms with Gasteiger partial charge in [0.25, 0.3) is 0 Å². The van der Waals surface area contributed by atoms with Crippen LogP contribution in [0.15, 0.2) is 18.2 Å². The minimum atomic E-state index is -0.407. The highest BCUT2D eigenvalue weighted by Crippen LogP contribution is 2.27. The molecule has 0 aromatic heterocycles. The number of benzene rings is 1.